The van der Waals surface area contributed by atoms with Crippen molar-refractivity contribution in [3.63, 3.8) is 0 Å². The number of aliphatic hydroxyl groups excluding tert-OH is 1. The van der Waals surface area contributed by atoms with Gasteiger partial charge in [-0.25, -0.2) is 0 Å². The van der Waals surface area contributed by atoms with Crippen molar-refractivity contribution < 1.29 is 9.52 Å². The summed E-state index contributed by atoms with van der Waals surface area (Å²) in [5.74, 6) is 1.13. The highest BCUT2D eigenvalue weighted by Gasteiger charge is 2.45. The predicted molar refractivity (Wildman–Crippen MR) is 67.8 cm³/mol. The van der Waals surface area contributed by atoms with Crippen molar-refractivity contribution >= 4 is 0 Å². The Bertz CT molecular complexity index is 368. The Balaban J connectivity index is 2.16. The maximum atomic E-state index is 10.4. The van der Waals surface area contributed by atoms with E-state index in [-0.39, 0.29) is 23.1 Å². The first kappa shape index (κ1) is 12.7. The highest BCUT2D eigenvalue weighted by molar-refractivity contribution is 5.08. The predicted octanol–water partition coefficient (Wildman–Crippen LogP) is 2.35. The minimum atomic E-state index is -0.286. The van der Waals surface area contributed by atoms with Gasteiger partial charge in [0, 0.05) is 23.4 Å². The number of rotatable bonds is 2. The molecule has 17 heavy (non-hydrogen) atoms. The van der Waals surface area contributed by atoms with E-state index in [1.54, 1.807) is 6.26 Å². The Kier molecular flexibility index (Phi) is 3.08. The molecule has 3 nitrogen and oxygen atoms in total. The molecule has 2 heterocycles. The summed E-state index contributed by atoms with van der Waals surface area (Å²) in [6.07, 6.45) is 2.97. The molecule has 0 radical (unpaired) electrons. The van der Waals surface area contributed by atoms with Crippen LogP contribution in [0.4, 0.5) is 0 Å². The van der Waals surface area contributed by atoms with Crippen LogP contribution in [-0.4, -0.2) is 22.3 Å². The normalized spacial score (nSPS) is 31.4. The van der Waals surface area contributed by atoms with Crippen LogP contribution in [0.2, 0.25) is 0 Å². The van der Waals surface area contributed by atoms with Crippen molar-refractivity contribution in [2.75, 3.05) is 0 Å². The highest BCUT2D eigenvalue weighted by atomic mass is 16.3. The van der Waals surface area contributed by atoms with E-state index >= 15 is 0 Å². The summed E-state index contributed by atoms with van der Waals surface area (Å²) >= 11 is 0. The van der Waals surface area contributed by atoms with Crippen LogP contribution >= 0.6 is 0 Å². The molecule has 2 rings (SSSR count). The largest absolute Gasteiger partial charge is 0.469 e. The Morgan fingerprint density at radius 1 is 1.41 bits per heavy atom. The SMILES string of the molecule is CC1(C)CC(O)C(Cc2ccco2)C(C)(C)N1. The molecule has 0 bridgehead atoms. The first-order chi connectivity index (χ1) is 7.80. The van der Waals surface area contributed by atoms with Crippen LogP contribution in [0.3, 0.4) is 0 Å². The average molecular weight is 237 g/mol. The van der Waals surface area contributed by atoms with Crippen LogP contribution in [0.5, 0.6) is 0 Å². The molecule has 0 saturated carbocycles. The number of hydrogen-bond donors (Lipinski definition) is 2. The highest BCUT2D eigenvalue weighted by Crippen LogP contribution is 2.35. The van der Waals surface area contributed by atoms with Gasteiger partial charge < -0.3 is 14.8 Å². The first-order valence-corrected chi connectivity index (χ1v) is 6.30. The molecule has 0 spiro atoms. The van der Waals surface area contributed by atoms with Gasteiger partial charge in [-0.15, -0.1) is 0 Å². The zero-order valence-corrected chi connectivity index (χ0v) is 11.2. The lowest BCUT2D eigenvalue weighted by atomic mass is 9.71. The molecule has 3 heteroatoms. The Morgan fingerprint density at radius 3 is 2.65 bits per heavy atom. The lowest BCUT2D eigenvalue weighted by molar-refractivity contribution is -0.0231. The van der Waals surface area contributed by atoms with E-state index in [9.17, 15) is 5.11 Å². The van der Waals surface area contributed by atoms with E-state index in [4.69, 9.17) is 4.42 Å². The molecule has 1 aliphatic rings. The second-order valence-electron chi connectivity index (χ2n) is 6.39. The van der Waals surface area contributed by atoms with Gasteiger partial charge in [0.2, 0.25) is 0 Å². The summed E-state index contributed by atoms with van der Waals surface area (Å²) in [4.78, 5) is 0. The summed E-state index contributed by atoms with van der Waals surface area (Å²) in [6, 6.07) is 3.87. The van der Waals surface area contributed by atoms with Crippen LogP contribution in [-0.2, 0) is 6.42 Å². The van der Waals surface area contributed by atoms with E-state index in [1.165, 1.54) is 0 Å². The summed E-state index contributed by atoms with van der Waals surface area (Å²) < 4.78 is 5.39. The third kappa shape index (κ3) is 2.72. The van der Waals surface area contributed by atoms with E-state index in [2.05, 4.69) is 33.0 Å². The van der Waals surface area contributed by atoms with E-state index in [0.717, 1.165) is 18.6 Å². The smallest absolute Gasteiger partial charge is 0.104 e. The van der Waals surface area contributed by atoms with Crippen molar-refractivity contribution in [3.8, 4) is 0 Å². The van der Waals surface area contributed by atoms with Crippen LogP contribution < -0.4 is 5.32 Å². The molecule has 2 unspecified atom stereocenters. The molecule has 1 aromatic heterocycles. The molecule has 1 aliphatic heterocycles. The zero-order valence-electron chi connectivity index (χ0n) is 11.2. The van der Waals surface area contributed by atoms with E-state index in [1.807, 2.05) is 12.1 Å². The minimum Gasteiger partial charge on any atom is -0.469 e. The topological polar surface area (TPSA) is 45.4 Å². The number of nitrogens with one attached hydrogen (secondary N) is 1. The van der Waals surface area contributed by atoms with Crippen LogP contribution in [0.25, 0.3) is 0 Å². The second kappa shape index (κ2) is 4.14. The number of hydrogen-bond acceptors (Lipinski definition) is 3. The van der Waals surface area contributed by atoms with Gasteiger partial charge >= 0.3 is 0 Å². The van der Waals surface area contributed by atoms with Crippen molar-refractivity contribution in [2.45, 2.75) is 57.7 Å². The van der Waals surface area contributed by atoms with Crippen molar-refractivity contribution in [3.05, 3.63) is 24.2 Å². The number of furan rings is 1. The summed E-state index contributed by atoms with van der Waals surface area (Å²) in [5.41, 5.74) is -0.101. The quantitative estimate of drug-likeness (QED) is 0.830. The fourth-order valence-corrected chi connectivity index (χ4v) is 3.20. The van der Waals surface area contributed by atoms with Gasteiger partial charge in [0.1, 0.15) is 5.76 Å². The maximum absolute atomic E-state index is 10.4. The molecule has 2 atom stereocenters. The summed E-state index contributed by atoms with van der Waals surface area (Å²) in [7, 11) is 0. The lowest BCUT2D eigenvalue weighted by Crippen LogP contribution is -2.64. The average Bonchev–Trinajstić information content (AvgIpc) is 2.60. The van der Waals surface area contributed by atoms with Gasteiger partial charge in [-0.2, -0.15) is 0 Å². The van der Waals surface area contributed by atoms with Gasteiger partial charge in [-0.1, -0.05) is 0 Å². The van der Waals surface area contributed by atoms with Gasteiger partial charge in [-0.05, 0) is 46.2 Å². The molecule has 2 N–H and O–H groups in total. The second-order valence-corrected chi connectivity index (χ2v) is 6.39. The Morgan fingerprint density at radius 2 is 2.12 bits per heavy atom. The molecule has 0 aromatic carbocycles. The third-order valence-corrected chi connectivity index (χ3v) is 3.77. The lowest BCUT2D eigenvalue weighted by Gasteiger charge is -2.50. The molecule has 0 amide bonds. The van der Waals surface area contributed by atoms with Crippen molar-refractivity contribution in [1.29, 1.82) is 0 Å². The van der Waals surface area contributed by atoms with Crippen LogP contribution in [0.1, 0.15) is 39.9 Å². The molecule has 96 valence electrons. The van der Waals surface area contributed by atoms with E-state index < -0.39 is 0 Å². The summed E-state index contributed by atoms with van der Waals surface area (Å²) in [6.45, 7) is 8.59. The van der Waals surface area contributed by atoms with Crippen molar-refractivity contribution in [1.82, 2.24) is 5.32 Å². The Hall–Kier alpha value is -0.800. The van der Waals surface area contributed by atoms with Gasteiger partial charge in [0.25, 0.3) is 0 Å². The Labute approximate surface area is 103 Å². The standard InChI is InChI=1S/C14H23NO2/c1-13(2)9-12(16)11(14(3,4)15-13)8-10-6-5-7-17-10/h5-7,11-12,15-16H,8-9H2,1-4H3. The van der Waals surface area contributed by atoms with Crippen LogP contribution in [0, 0.1) is 5.92 Å². The number of aliphatic hydroxyl groups is 1. The maximum Gasteiger partial charge on any atom is 0.104 e. The molecule has 1 fully saturated rings. The monoisotopic (exact) mass is 237 g/mol. The van der Waals surface area contributed by atoms with E-state index in [0.29, 0.717) is 0 Å². The number of piperidine rings is 1. The van der Waals surface area contributed by atoms with Gasteiger partial charge in [0.05, 0.1) is 12.4 Å². The molecule has 1 saturated heterocycles. The van der Waals surface area contributed by atoms with Crippen LogP contribution in [0.15, 0.2) is 22.8 Å². The molecular formula is C14H23NO2. The molecule has 0 aliphatic carbocycles. The first-order valence-electron chi connectivity index (χ1n) is 6.30. The van der Waals surface area contributed by atoms with Gasteiger partial charge in [-0.3, -0.25) is 0 Å². The fraction of sp³-hybridized carbons (Fsp3) is 0.714. The third-order valence-electron chi connectivity index (χ3n) is 3.77. The molecular weight excluding hydrogens is 214 g/mol. The minimum absolute atomic E-state index is 0.0113. The summed E-state index contributed by atoms with van der Waals surface area (Å²) in [5, 5.41) is 14.0. The van der Waals surface area contributed by atoms with Crippen molar-refractivity contribution in [2.24, 2.45) is 5.92 Å². The molecule has 1 aromatic rings. The zero-order chi connectivity index (χ0) is 12.7. The fourth-order valence-electron chi connectivity index (χ4n) is 3.20. The van der Waals surface area contributed by atoms with Gasteiger partial charge in [0.15, 0.2) is 0 Å².